The Labute approximate surface area is 138 Å². The van der Waals surface area contributed by atoms with Gasteiger partial charge in [-0.25, -0.2) is 4.39 Å². The van der Waals surface area contributed by atoms with Crippen LogP contribution in [0.2, 0.25) is 0 Å². The average molecular weight is 328 g/mol. The van der Waals surface area contributed by atoms with E-state index in [1.165, 1.54) is 18.2 Å². The summed E-state index contributed by atoms with van der Waals surface area (Å²) in [6.45, 7) is 0.854. The highest BCUT2D eigenvalue weighted by Gasteiger charge is 2.28. The number of nitrogens with zero attached hydrogens (tertiary/aromatic N) is 1. The van der Waals surface area contributed by atoms with Crippen LogP contribution in [-0.4, -0.2) is 29.8 Å². The highest BCUT2D eigenvalue weighted by Crippen LogP contribution is 2.25. The molecule has 0 unspecified atom stereocenters. The van der Waals surface area contributed by atoms with Crippen LogP contribution in [0.25, 0.3) is 17.4 Å². The van der Waals surface area contributed by atoms with Crippen molar-refractivity contribution in [3.63, 3.8) is 0 Å². The first kappa shape index (κ1) is 16.0. The Hall–Kier alpha value is -2.89. The van der Waals surface area contributed by atoms with Gasteiger partial charge in [-0.05, 0) is 36.8 Å². The average Bonchev–Trinajstić information content (AvgIpc) is 3.22. The maximum atomic E-state index is 13.7. The summed E-state index contributed by atoms with van der Waals surface area (Å²) in [4.78, 5) is 24.8. The van der Waals surface area contributed by atoms with Crippen LogP contribution in [0.1, 0.15) is 12.2 Å². The minimum absolute atomic E-state index is 0.206. The van der Waals surface area contributed by atoms with Crippen LogP contribution >= 0.6 is 0 Å². The lowest BCUT2D eigenvalue weighted by atomic mass is 10.1. The minimum atomic E-state index is -0.380. The molecule has 1 atom stereocenters. The molecule has 1 saturated heterocycles. The van der Waals surface area contributed by atoms with Gasteiger partial charge in [0.1, 0.15) is 17.3 Å². The Bertz CT molecular complexity index is 797. The maximum Gasteiger partial charge on any atom is 0.246 e. The zero-order valence-corrected chi connectivity index (χ0v) is 12.9. The second-order valence-corrected chi connectivity index (χ2v) is 5.69. The van der Waals surface area contributed by atoms with Crippen molar-refractivity contribution in [2.24, 2.45) is 11.7 Å². The van der Waals surface area contributed by atoms with Crippen LogP contribution in [-0.2, 0) is 9.59 Å². The number of primary amides is 1. The smallest absolute Gasteiger partial charge is 0.246 e. The second kappa shape index (κ2) is 6.70. The molecule has 1 aromatic carbocycles. The van der Waals surface area contributed by atoms with Crippen molar-refractivity contribution in [1.82, 2.24) is 4.90 Å². The third kappa shape index (κ3) is 3.37. The molecular weight excluding hydrogens is 311 g/mol. The van der Waals surface area contributed by atoms with Gasteiger partial charge in [-0.1, -0.05) is 12.1 Å². The van der Waals surface area contributed by atoms with E-state index in [0.29, 0.717) is 36.6 Å². The first-order valence-corrected chi connectivity index (χ1v) is 7.65. The molecule has 124 valence electrons. The lowest BCUT2D eigenvalue weighted by Crippen LogP contribution is -2.30. The molecule has 1 aliphatic rings. The van der Waals surface area contributed by atoms with Gasteiger partial charge in [0, 0.05) is 19.2 Å². The highest BCUT2D eigenvalue weighted by atomic mass is 19.1. The van der Waals surface area contributed by atoms with Gasteiger partial charge in [-0.3, -0.25) is 9.59 Å². The van der Waals surface area contributed by atoms with Crippen LogP contribution in [0, 0.1) is 11.7 Å². The molecule has 3 rings (SSSR count). The molecular formula is C18H17FN2O3. The highest BCUT2D eigenvalue weighted by molar-refractivity contribution is 5.92. The Morgan fingerprint density at radius 2 is 2.04 bits per heavy atom. The van der Waals surface area contributed by atoms with Crippen LogP contribution in [0.15, 0.2) is 46.9 Å². The summed E-state index contributed by atoms with van der Waals surface area (Å²) in [5.41, 5.74) is 5.62. The van der Waals surface area contributed by atoms with E-state index in [0.717, 1.165) is 0 Å². The quantitative estimate of drug-likeness (QED) is 0.876. The predicted octanol–water partition coefficient (Wildman–Crippen LogP) is 2.43. The van der Waals surface area contributed by atoms with E-state index in [-0.39, 0.29) is 23.5 Å². The van der Waals surface area contributed by atoms with E-state index in [1.807, 2.05) is 0 Å². The molecule has 1 fully saturated rings. The number of carbonyl (C=O) groups is 2. The molecule has 1 aromatic heterocycles. The lowest BCUT2D eigenvalue weighted by Gasteiger charge is -2.12. The zero-order valence-electron chi connectivity index (χ0n) is 12.9. The van der Waals surface area contributed by atoms with Gasteiger partial charge in [0.2, 0.25) is 11.8 Å². The summed E-state index contributed by atoms with van der Waals surface area (Å²) in [5, 5.41) is 0. The van der Waals surface area contributed by atoms with Gasteiger partial charge in [-0.15, -0.1) is 0 Å². The fraction of sp³-hybridized carbons (Fsp3) is 0.222. The fourth-order valence-electron chi connectivity index (χ4n) is 2.70. The molecule has 2 amide bonds. The number of halogens is 1. The SMILES string of the molecule is NC(=O)[C@@H]1CCN(C(=O)/C=C/c2ccc(-c3ccccc3F)o2)C1. The van der Waals surface area contributed by atoms with Crippen molar-refractivity contribution in [2.75, 3.05) is 13.1 Å². The van der Waals surface area contributed by atoms with Gasteiger partial charge in [0.15, 0.2) is 0 Å². The first-order valence-electron chi connectivity index (χ1n) is 7.65. The molecule has 24 heavy (non-hydrogen) atoms. The van der Waals surface area contributed by atoms with Crippen molar-refractivity contribution in [3.05, 3.63) is 54.1 Å². The summed E-state index contributed by atoms with van der Waals surface area (Å²) >= 11 is 0. The van der Waals surface area contributed by atoms with Crippen molar-refractivity contribution in [1.29, 1.82) is 0 Å². The van der Waals surface area contributed by atoms with Gasteiger partial charge in [0.25, 0.3) is 0 Å². The standard InChI is InChI=1S/C18H17FN2O3/c19-15-4-2-1-3-14(15)16-7-5-13(24-16)6-8-17(22)21-10-9-12(11-21)18(20)23/h1-8,12H,9-11H2,(H2,20,23)/b8-6+/t12-/m1/s1. The number of carbonyl (C=O) groups excluding carboxylic acids is 2. The van der Waals surface area contributed by atoms with E-state index >= 15 is 0 Å². The number of benzene rings is 1. The summed E-state index contributed by atoms with van der Waals surface area (Å²) in [7, 11) is 0. The topological polar surface area (TPSA) is 76.5 Å². The Morgan fingerprint density at radius 3 is 2.75 bits per heavy atom. The van der Waals surface area contributed by atoms with E-state index < -0.39 is 0 Å². The molecule has 0 spiro atoms. The molecule has 0 aliphatic carbocycles. The number of furan rings is 1. The number of nitrogens with two attached hydrogens (primary N) is 1. The largest absolute Gasteiger partial charge is 0.457 e. The fourth-order valence-corrected chi connectivity index (χ4v) is 2.70. The number of hydrogen-bond donors (Lipinski definition) is 1. The van der Waals surface area contributed by atoms with Gasteiger partial charge >= 0.3 is 0 Å². The number of amides is 2. The van der Waals surface area contributed by atoms with E-state index in [1.54, 1.807) is 35.2 Å². The first-order chi connectivity index (χ1) is 11.5. The molecule has 2 N–H and O–H groups in total. The predicted molar refractivity (Wildman–Crippen MR) is 87.0 cm³/mol. The van der Waals surface area contributed by atoms with E-state index in [9.17, 15) is 14.0 Å². The van der Waals surface area contributed by atoms with Gasteiger partial charge in [0.05, 0.1) is 11.5 Å². The Balaban J connectivity index is 1.67. The summed E-state index contributed by atoms with van der Waals surface area (Å²) < 4.78 is 19.3. The molecule has 1 aliphatic heterocycles. The van der Waals surface area contributed by atoms with Crippen LogP contribution in [0.3, 0.4) is 0 Å². The van der Waals surface area contributed by atoms with Crippen LogP contribution in [0.4, 0.5) is 4.39 Å². The molecule has 2 aromatic rings. The van der Waals surface area contributed by atoms with Crippen molar-refractivity contribution >= 4 is 17.9 Å². The van der Waals surface area contributed by atoms with Crippen molar-refractivity contribution in [2.45, 2.75) is 6.42 Å². The van der Waals surface area contributed by atoms with Crippen LogP contribution in [0.5, 0.6) is 0 Å². The molecule has 0 saturated carbocycles. The third-order valence-electron chi connectivity index (χ3n) is 4.06. The monoisotopic (exact) mass is 328 g/mol. The van der Waals surface area contributed by atoms with Crippen LogP contribution < -0.4 is 5.73 Å². The van der Waals surface area contributed by atoms with E-state index in [4.69, 9.17) is 10.2 Å². The number of hydrogen-bond acceptors (Lipinski definition) is 3. The molecule has 0 bridgehead atoms. The number of rotatable bonds is 4. The minimum Gasteiger partial charge on any atom is -0.457 e. The van der Waals surface area contributed by atoms with Gasteiger partial charge < -0.3 is 15.1 Å². The Morgan fingerprint density at radius 1 is 1.25 bits per heavy atom. The lowest BCUT2D eigenvalue weighted by molar-refractivity contribution is -0.125. The Kier molecular flexibility index (Phi) is 4.46. The maximum absolute atomic E-state index is 13.7. The van der Waals surface area contributed by atoms with Crippen molar-refractivity contribution in [3.8, 4) is 11.3 Å². The summed E-state index contributed by atoms with van der Waals surface area (Å²) in [5.74, 6) is -0.383. The molecule has 0 radical (unpaired) electrons. The second-order valence-electron chi connectivity index (χ2n) is 5.69. The molecule has 2 heterocycles. The molecule has 5 nitrogen and oxygen atoms in total. The normalized spacial score (nSPS) is 17.5. The third-order valence-corrected chi connectivity index (χ3v) is 4.06. The number of likely N-dealkylation sites (tertiary alicyclic amines) is 1. The summed E-state index contributed by atoms with van der Waals surface area (Å²) in [6, 6.07) is 9.64. The molecule has 6 heteroatoms. The summed E-state index contributed by atoms with van der Waals surface area (Å²) in [6.07, 6.45) is 3.50. The van der Waals surface area contributed by atoms with E-state index in [2.05, 4.69) is 0 Å². The van der Waals surface area contributed by atoms with Gasteiger partial charge in [-0.2, -0.15) is 0 Å². The zero-order chi connectivity index (χ0) is 17.1. The van der Waals surface area contributed by atoms with Crippen molar-refractivity contribution < 1.29 is 18.4 Å².